The number of hydrogen-bond donors (Lipinski definition) is 1. The van der Waals surface area contributed by atoms with Crippen LogP contribution in [0.15, 0.2) is 24.3 Å². The number of anilines is 1. The van der Waals surface area contributed by atoms with Crippen molar-refractivity contribution in [2.75, 3.05) is 31.6 Å². The van der Waals surface area contributed by atoms with E-state index in [1.807, 2.05) is 30.1 Å². The van der Waals surface area contributed by atoms with Crippen molar-refractivity contribution in [1.82, 2.24) is 10.2 Å². The van der Waals surface area contributed by atoms with Crippen LogP contribution in [0.4, 0.5) is 5.69 Å². The van der Waals surface area contributed by atoms with Crippen molar-refractivity contribution in [2.45, 2.75) is 25.3 Å². The zero-order valence-corrected chi connectivity index (χ0v) is 14.1. The summed E-state index contributed by atoms with van der Waals surface area (Å²) in [5, 5.41) is 3.69. The van der Waals surface area contributed by atoms with Gasteiger partial charge in [-0.05, 0) is 32.0 Å². The fourth-order valence-corrected chi connectivity index (χ4v) is 3.82. The summed E-state index contributed by atoms with van der Waals surface area (Å²) in [5.41, 5.74) is 0.697. The highest BCUT2D eigenvalue weighted by atomic mass is 35.5. The van der Waals surface area contributed by atoms with E-state index in [1.165, 1.54) is 0 Å². The van der Waals surface area contributed by atoms with Gasteiger partial charge in [0.1, 0.15) is 0 Å². The second-order valence-corrected chi connectivity index (χ2v) is 6.65. The van der Waals surface area contributed by atoms with Crippen LogP contribution in [0.1, 0.15) is 19.3 Å². The molecule has 1 aromatic carbocycles. The lowest BCUT2D eigenvalue weighted by molar-refractivity contribution is -0.136. The number of nitrogens with zero attached hydrogens (tertiary/aromatic N) is 2. The molecule has 0 aliphatic carbocycles. The molecule has 0 bridgehead atoms. The van der Waals surface area contributed by atoms with E-state index in [4.69, 9.17) is 11.6 Å². The molecule has 23 heavy (non-hydrogen) atoms. The van der Waals surface area contributed by atoms with E-state index in [1.54, 1.807) is 11.0 Å². The van der Waals surface area contributed by atoms with Gasteiger partial charge in [-0.1, -0.05) is 23.7 Å². The SMILES string of the molecule is CNC[C@H]1CCCN1C(=O)[C@@H]1CC(=O)N(c2ccccc2Cl)C1. The molecule has 1 N–H and O–H groups in total. The number of nitrogens with one attached hydrogen (secondary N) is 1. The number of halogens is 1. The van der Waals surface area contributed by atoms with Crippen LogP contribution in [0, 0.1) is 5.92 Å². The maximum absolute atomic E-state index is 12.8. The van der Waals surface area contributed by atoms with Crippen LogP contribution in [0.5, 0.6) is 0 Å². The first-order valence-corrected chi connectivity index (χ1v) is 8.49. The van der Waals surface area contributed by atoms with E-state index in [0.717, 1.165) is 25.9 Å². The zero-order valence-electron chi connectivity index (χ0n) is 13.3. The van der Waals surface area contributed by atoms with Gasteiger partial charge in [0.25, 0.3) is 0 Å². The van der Waals surface area contributed by atoms with Gasteiger partial charge < -0.3 is 15.1 Å². The lowest BCUT2D eigenvalue weighted by Gasteiger charge is -2.27. The molecule has 2 saturated heterocycles. The number of hydrogen-bond acceptors (Lipinski definition) is 3. The highest BCUT2D eigenvalue weighted by molar-refractivity contribution is 6.33. The van der Waals surface area contributed by atoms with Gasteiger partial charge >= 0.3 is 0 Å². The number of benzene rings is 1. The molecule has 2 amide bonds. The number of likely N-dealkylation sites (N-methyl/N-ethyl adjacent to an activating group) is 1. The average Bonchev–Trinajstić information content (AvgIpc) is 3.14. The van der Waals surface area contributed by atoms with Gasteiger partial charge in [-0.25, -0.2) is 0 Å². The topological polar surface area (TPSA) is 52.7 Å². The predicted octanol–water partition coefficient (Wildman–Crippen LogP) is 1.90. The van der Waals surface area contributed by atoms with Crippen LogP contribution >= 0.6 is 11.6 Å². The number of carbonyl (C=O) groups excluding carboxylic acids is 2. The minimum absolute atomic E-state index is 0.0270. The van der Waals surface area contributed by atoms with Gasteiger partial charge in [0.2, 0.25) is 11.8 Å². The van der Waals surface area contributed by atoms with E-state index in [-0.39, 0.29) is 30.2 Å². The van der Waals surface area contributed by atoms with Crippen molar-refractivity contribution in [2.24, 2.45) is 5.92 Å². The molecule has 0 aromatic heterocycles. The first-order valence-electron chi connectivity index (χ1n) is 8.11. The molecule has 0 radical (unpaired) electrons. The molecule has 2 heterocycles. The lowest BCUT2D eigenvalue weighted by Crippen LogP contribution is -2.44. The lowest BCUT2D eigenvalue weighted by atomic mass is 10.1. The fourth-order valence-electron chi connectivity index (χ4n) is 3.58. The molecular formula is C17H22ClN3O2. The van der Waals surface area contributed by atoms with Gasteiger partial charge in [-0.2, -0.15) is 0 Å². The first kappa shape index (κ1) is 16.3. The van der Waals surface area contributed by atoms with Crippen molar-refractivity contribution in [3.8, 4) is 0 Å². The van der Waals surface area contributed by atoms with Gasteiger partial charge in [-0.3, -0.25) is 9.59 Å². The normalized spacial score (nSPS) is 24.5. The summed E-state index contributed by atoms with van der Waals surface area (Å²) in [6, 6.07) is 7.53. The number of likely N-dealkylation sites (tertiary alicyclic amines) is 1. The Balaban J connectivity index is 1.72. The van der Waals surface area contributed by atoms with Gasteiger partial charge in [0.05, 0.1) is 16.6 Å². The molecular weight excluding hydrogens is 314 g/mol. The van der Waals surface area contributed by atoms with E-state index < -0.39 is 0 Å². The Morgan fingerprint density at radius 1 is 1.39 bits per heavy atom. The molecule has 0 saturated carbocycles. The number of rotatable bonds is 4. The highest BCUT2D eigenvalue weighted by Crippen LogP contribution is 2.32. The molecule has 3 rings (SSSR count). The van der Waals surface area contributed by atoms with E-state index in [2.05, 4.69) is 5.32 Å². The van der Waals surface area contributed by atoms with Crippen LogP contribution in [0.3, 0.4) is 0 Å². The van der Waals surface area contributed by atoms with Crippen molar-refractivity contribution < 1.29 is 9.59 Å². The molecule has 2 aliphatic rings. The van der Waals surface area contributed by atoms with Crippen LogP contribution < -0.4 is 10.2 Å². The smallest absolute Gasteiger partial charge is 0.228 e. The Labute approximate surface area is 141 Å². The molecule has 0 spiro atoms. The van der Waals surface area contributed by atoms with Crippen molar-refractivity contribution in [3.05, 3.63) is 29.3 Å². The molecule has 6 heteroatoms. The molecule has 0 unspecified atom stereocenters. The third-order valence-electron chi connectivity index (χ3n) is 4.72. The van der Waals surface area contributed by atoms with Gasteiger partial charge in [0, 0.05) is 32.1 Å². The van der Waals surface area contributed by atoms with Crippen molar-refractivity contribution in [1.29, 1.82) is 0 Å². The summed E-state index contributed by atoms with van der Waals surface area (Å²) < 4.78 is 0. The maximum Gasteiger partial charge on any atom is 0.228 e. The number of para-hydroxylation sites is 1. The molecule has 2 aliphatic heterocycles. The predicted molar refractivity (Wildman–Crippen MR) is 90.6 cm³/mol. The summed E-state index contributed by atoms with van der Waals surface area (Å²) in [4.78, 5) is 28.8. The summed E-state index contributed by atoms with van der Waals surface area (Å²) in [6.07, 6.45) is 2.33. The Morgan fingerprint density at radius 3 is 2.91 bits per heavy atom. The quantitative estimate of drug-likeness (QED) is 0.914. The third-order valence-corrected chi connectivity index (χ3v) is 5.04. The first-order chi connectivity index (χ1) is 11.1. The Morgan fingerprint density at radius 2 is 2.17 bits per heavy atom. The van der Waals surface area contributed by atoms with Crippen LogP contribution in [-0.2, 0) is 9.59 Å². The second-order valence-electron chi connectivity index (χ2n) is 6.24. The molecule has 2 atom stereocenters. The van der Waals surface area contributed by atoms with Crippen molar-refractivity contribution >= 4 is 29.1 Å². The molecule has 1 aromatic rings. The number of amides is 2. The minimum atomic E-state index is -0.267. The van der Waals surface area contributed by atoms with Crippen molar-refractivity contribution in [3.63, 3.8) is 0 Å². The fraction of sp³-hybridized carbons (Fsp3) is 0.529. The van der Waals surface area contributed by atoms with Crippen LogP contribution in [0.2, 0.25) is 5.02 Å². The monoisotopic (exact) mass is 335 g/mol. The molecule has 2 fully saturated rings. The van der Waals surface area contributed by atoms with E-state index in [9.17, 15) is 9.59 Å². The summed E-state index contributed by atoms with van der Waals surface area (Å²) in [6.45, 7) is 2.02. The minimum Gasteiger partial charge on any atom is -0.338 e. The highest BCUT2D eigenvalue weighted by Gasteiger charge is 2.40. The summed E-state index contributed by atoms with van der Waals surface area (Å²) in [7, 11) is 1.90. The van der Waals surface area contributed by atoms with E-state index in [0.29, 0.717) is 17.3 Å². The average molecular weight is 336 g/mol. The number of carbonyl (C=O) groups is 2. The summed E-state index contributed by atoms with van der Waals surface area (Å²) in [5.74, 6) is -0.192. The second kappa shape index (κ2) is 6.89. The molecule has 5 nitrogen and oxygen atoms in total. The largest absolute Gasteiger partial charge is 0.338 e. The molecule has 124 valence electrons. The van der Waals surface area contributed by atoms with Gasteiger partial charge in [0.15, 0.2) is 0 Å². The third kappa shape index (κ3) is 3.21. The Hall–Kier alpha value is -1.59. The van der Waals surface area contributed by atoms with Gasteiger partial charge in [-0.15, -0.1) is 0 Å². The summed E-state index contributed by atoms with van der Waals surface area (Å²) >= 11 is 6.19. The van der Waals surface area contributed by atoms with E-state index >= 15 is 0 Å². The van der Waals surface area contributed by atoms with Crippen LogP contribution in [0.25, 0.3) is 0 Å². The Bertz CT molecular complexity index is 607. The standard InChI is InChI=1S/C17H22ClN3O2/c1-19-10-13-5-4-8-20(13)17(23)12-9-16(22)21(11-12)15-7-3-2-6-14(15)18/h2-3,6-7,12-13,19H,4-5,8-11H2,1H3/t12-,13-/m1/s1. The maximum atomic E-state index is 12.8. The zero-order chi connectivity index (χ0) is 16.4. The Kier molecular flexibility index (Phi) is 4.87. The van der Waals surface area contributed by atoms with Crippen LogP contribution in [-0.4, -0.2) is 49.4 Å².